The molecule has 1 aliphatic heterocycles. The van der Waals surface area contributed by atoms with Crippen molar-refractivity contribution in [2.75, 3.05) is 30.8 Å². The molecule has 0 radical (unpaired) electrons. The molecule has 12 nitrogen and oxygen atoms in total. The lowest BCUT2D eigenvalue weighted by Gasteiger charge is -2.34. The van der Waals surface area contributed by atoms with Gasteiger partial charge < -0.3 is 25.4 Å². The van der Waals surface area contributed by atoms with Gasteiger partial charge in [0.05, 0.1) is 33.3 Å². The van der Waals surface area contributed by atoms with Gasteiger partial charge in [-0.25, -0.2) is 18.2 Å². The van der Waals surface area contributed by atoms with Crippen LogP contribution in [0.15, 0.2) is 41.4 Å². The molecule has 0 aliphatic carbocycles. The molecule has 0 bridgehead atoms. The number of ether oxygens (including phenoxy) is 1. The number of hydrogen-bond donors (Lipinski definition) is 3. The Hall–Kier alpha value is -3.26. The molecule has 0 saturated carbocycles. The molecule has 1 aliphatic rings. The molecule has 0 unspecified atom stereocenters. The molecule has 210 valence electrons. The molecule has 1 saturated heterocycles. The van der Waals surface area contributed by atoms with Crippen LogP contribution in [0.2, 0.25) is 5.02 Å². The largest absolute Gasteiger partial charge is 0.415 e. The Bertz CT molecular complexity index is 1440. The summed E-state index contributed by atoms with van der Waals surface area (Å²) in [5.41, 5.74) is 0.588. The first-order chi connectivity index (χ1) is 18.6. The number of rotatable bonds is 9. The van der Waals surface area contributed by atoms with Crippen LogP contribution in [0.1, 0.15) is 26.7 Å². The number of anilines is 1. The van der Waals surface area contributed by atoms with E-state index < -0.39 is 34.2 Å². The fourth-order valence-electron chi connectivity index (χ4n) is 4.36. The number of amides is 2. The number of aromatic nitrogens is 3. The molecule has 3 N–H and O–H groups in total. The lowest BCUT2D eigenvalue weighted by Crippen LogP contribution is -2.47. The van der Waals surface area contributed by atoms with Crippen molar-refractivity contribution in [1.82, 2.24) is 24.8 Å². The topological polar surface area (TPSA) is 156 Å². The van der Waals surface area contributed by atoms with Crippen molar-refractivity contribution in [3.05, 3.63) is 41.6 Å². The normalized spacial score (nSPS) is 15.0. The third kappa shape index (κ3) is 7.24. The third-order valence-electron chi connectivity index (χ3n) is 6.47. The first kappa shape index (κ1) is 28.7. The number of aliphatic hydroxyl groups is 1. The van der Waals surface area contributed by atoms with Crippen molar-refractivity contribution in [2.45, 2.75) is 50.2 Å². The Balaban J connectivity index is 1.58. The minimum Gasteiger partial charge on any atom is -0.395 e. The maximum atomic E-state index is 12.9. The maximum Gasteiger partial charge on any atom is 0.415 e. The number of benzene rings is 1. The molecular formula is C25H31ClN6O6S. The summed E-state index contributed by atoms with van der Waals surface area (Å²) >= 11 is 5.85. The predicted octanol–water partition coefficient (Wildman–Crippen LogP) is 2.45. The van der Waals surface area contributed by atoms with Gasteiger partial charge in [0.15, 0.2) is 9.84 Å². The Labute approximate surface area is 231 Å². The highest BCUT2D eigenvalue weighted by Gasteiger charge is 2.25. The number of halogens is 1. The molecule has 0 spiro atoms. The molecule has 3 aromatic rings. The van der Waals surface area contributed by atoms with E-state index in [1.54, 1.807) is 6.07 Å². The van der Waals surface area contributed by atoms with E-state index in [1.807, 2.05) is 0 Å². The Kier molecular flexibility index (Phi) is 9.05. The van der Waals surface area contributed by atoms with Crippen molar-refractivity contribution in [2.24, 2.45) is 0 Å². The van der Waals surface area contributed by atoms with E-state index in [2.05, 4.69) is 39.3 Å². The summed E-state index contributed by atoms with van der Waals surface area (Å²) in [5, 5.41) is 15.0. The molecule has 3 heterocycles. The van der Waals surface area contributed by atoms with Gasteiger partial charge >= 0.3 is 12.1 Å². The number of nitrogens with one attached hydrogen (secondary N) is 2. The average Bonchev–Trinajstić information content (AvgIpc) is 3.21. The molecule has 4 rings (SSSR count). The number of pyridine rings is 1. The first-order valence-electron chi connectivity index (χ1n) is 12.5. The van der Waals surface area contributed by atoms with Gasteiger partial charge in [-0.1, -0.05) is 11.6 Å². The van der Waals surface area contributed by atoms with Crippen molar-refractivity contribution < 1.29 is 27.9 Å². The van der Waals surface area contributed by atoms with E-state index in [4.69, 9.17) is 21.4 Å². The smallest absolute Gasteiger partial charge is 0.395 e. The van der Waals surface area contributed by atoms with Crippen molar-refractivity contribution in [3.8, 4) is 6.01 Å². The number of imidazole rings is 1. The minimum absolute atomic E-state index is 0.0575. The number of aliphatic hydroxyl groups excluding tert-OH is 1. The van der Waals surface area contributed by atoms with Crippen LogP contribution in [0.5, 0.6) is 6.01 Å². The van der Waals surface area contributed by atoms with Crippen molar-refractivity contribution in [1.29, 1.82) is 0 Å². The second-order valence-corrected chi connectivity index (χ2v) is 12.1. The summed E-state index contributed by atoms with van der Waals surface area (Å²) < 4.78 is 32.0. The van der Waals surface area contributed by atoms with Gasteiger partial charge in [-0.2, -0.15) is 4.98 Å². The monoisotopic (exact) mass is 578 g/mol. The molecule has 1 fully saturated rings. The highest BCUT2D eigenvalue weighted by Crippen LogP contribution is 2.26. The Morgan fingerprint density at radius 1 is 1.21 bits per heavy atom. The molecule has 1 aromatic carbocycles. The highest BCUT2D eigenvalue weighted by atomic mass is 35.5. The van der Waals surface area contributed by atoms with Gasteiger partial charge in [-0.3, -0.25) is 9.36 Å². The number of fused-ring (bicyclic) bond motifs is 1. The molecule has 39 heavy (non-hydrogen) atoms. The van der Waals surface area contributed by atoms with Crippen LogP contribution in [0, 0.1) is 0 Å². The highest BCUT2D eigenvalue weighted by molar-refractivity contribution is 7.91. The van der Waals surface area contributed by atoms with Crippen LogP contribution in [0.25, 0.3) is 11.0 Å². The second kappa shape index (κ2) is 12.3. The van der Waals surface area contributed by atoms with E-state index in [0.29, 0.717) is 16.6 Å². The Morgan fingerprint density at radius 2 is 1.95 bits per heavy atom. The summed E-state index contributed by atoms with van der Waals surface area (Å²) in [7, 11) is -3.78. The fourth-order valence-corrected chi connectivity index (χ4v) is 5.51. The summed E-state index contributed by atoms with van der Waals surface area (Å²) in [5.74, 6) is -0.719. The van der Waals surface area contributed by atoms with Crippen LogP contribution in [-0.2, 0) is 21.2 Å². The summed E-state index contributed by atoms with van der Waals surface area (Å²) in [6.07, 6.45) is 2.20. The van der Waals surface area contributed by atoms with Crippen LogP contribution in [0.3, 0.4) is 0 Å². The van der Waals surface area contributed by atoms with Crippen molar-refractivity contribution in [3.63, 3.8) is 0 Å². The predicted molar refractivity (Wildman–Crippen MR) is 146 cm³/mol. The number of carbonyl (C=O) groups excluding carboxylic acids is 2. The quantitative estimate of drug-likeness (QED) is 0.347. The van der Waals surface area contributed by atoms with Crippen molar-refractivity contribution >= 4 is 50.3 Å². The van der Waals surface area contributed by atoms with Gasteiger partial charge in [0, 0.05) is 31.4 Å². The van der Waals surface area contributed by atoms with Gasteiger partial charge in [-0.15, -0.1) is 0 Å². The summed E-state index contributed by atoms with van der Waals surface area (Å²) in [4.78, 5) is 36.3. The number of carbonyl (C=O) groups is 2. The minimum atomic E-state index is -3.78. The number of hydrogen-bond acceptors (Lipinski definition) is 9. The summed E-state index contributed by atoms with van der Waals surface area (Å²) in [6, 6.07) is 7.44. The molecule has 2 amide bonds. The van der Waals surface area contributed by atoms with Crippen LogP contribution in [0.4, 0.5) is 10.6 Å². The lowest BCUT2D eigenvalue weighted by atomic mass is 10.0. The van der Waals surface area contributed by atoms with Crippen LogP contribution < -0.4 is 15.4 Å². The lowest BCUT2D eigenvalue weighted by molar-refractivity contribution is -0.116. The third-order valence-corrected chi connectivity index (χ3v) is 8.38. The molecule has 2 aromatic heterocycles. The average molecular weight is 579 g/mol. The maximum absolute atomic E-state index is 12.9. The standard InChI is InChI=1S/C25H31ClN6O6S/c1-16(2)31-9-7-18(8-10-31)28-25(35)38-24-29-20-5-4-19(39(36,37)12-11-33)13-21(20)32(24)15-23(34)30-22-6-3-17(26)14-27-22/h3-6,13-14,16,18,33H,7-12,15H2,1-2H3,(H,28,35)(H,27,30,34). The van der Waals surface area contributed by atoms with E-state index in [9.17, 15) is 18.0 Å². The fraction of sp³-hybridized carbons (Fsp3) is 0.440. The number of sulfone groups is 1. The van der Waals surface area contributed by atoms with Crippen LogP contribution >= 0.6 is 11.6 Å². The van der Waals surface area contributed by atoms with Gasteiger partial charge in [-0.05, 0) is 57.0 Å². The van der Waals surface area contributed by atoms with E-state index in [0.717, 1.165) is 25.9 Å². The zero-order valence-electron chi connectivity index (χ0n) is 21.6. The first-order valence-corrected chi connectivity index (χ1v) is 14.6. The van der Waals surface area contributed by atoms with E-state index >= 15 is 0 Å². The second-order valence-electron chi connectivity index (χ2n) is 9.52. The number of likely N-dealkylation sites (tertiary alicyclic amines) is 1. The number of nitrogens with zero attached hydrogens (tertiary/aromatic N) is 4. The zero-order valence-corrected chi connectivity index (χ0v) is 23.2. The molecular weight excluding hydrogens is 548 g/mol. The summed E-state index contributed by atoms with van der Waals surface area (Å²) in [6.45, 7) is 5.08. The zero-order chi connectivity index (χ0) is 28.2. The number of piperidine rings is 1. The molecule has 0 atom stereocenters. The van der Waals surface area contributed by atoms with Crippen LogP contribution in [-0.4, -0.2) is 82.5 Å². The SMILES string of the molecule is CC(C)N1CCC(NC(=O)Oc2nc3ccc(S(=O)(=O)CCO)cc3n2CC(=O)Nc2ccc(Cl)cn2)CC1. The van der Waals surface area contributed by atoms with Gasteiger partial charge in [0.25, 0.3) is 0 Å². The van der Waals surface area contributed by atoms with Gasteiger partial charge in [0.1, 0.15) is 12.4 Å². The van der Waals surface area contributed by atoms with E-state index in [-0.39, 0.29) is 34.8 Å². The van der Waals surface area contributed by atoms with E-state index in [1.165, 1.54) is 35.0 Å². The van der Waals surface area contributed by atoms with Gasteiger partial charge in [0.2, 0.25) is 5.91 Å². The Morgan fingerprint density at radius 3 is 2.59 bits per heavy atom. The molecule has 14 heteroatoms.